The fraction of sp³-hybridized carbons (Fsp3) is 0.471. The third kappa shape index (κ3) is 4.55. The van der Waals surface area contributed by atoms with Crippen LogP contribution in [0.15, 0.2) is 18.2 Å². The van der Waals surface area contributed by atoms with Gasteiger partial charge < -0.3 is 10.1 Å². The van der Waals surface area contributed by atoms with Crippen molar-refractivity contribution in [1.82, 2.24) is 10.2 Å². The number of carbonyl (C=O) groups is 3. The number of carbonyl (C=O) groups excluding carboxylic acids is 3. The number of likely N-dealkylation sites (tertiary alicyclic amines) is 1. The maximum Gasteiger partial charge on any atom is 0.229 e. The Morgan fingerprint density at radius 3 is 2.61 bits per heavy atom. The van der Waals surface area contributed by atoms with Gasteiger partial charge in [0, 0.05) is 25.9 Å². The highest BCUT2D eigenvalue weighted by atomic mass is 16.5. The summed E-state index contributed by atoms with van der Waals surface area (Å²) < 4.78 is 5.62. The molecule has 1 heterocycles. The van der Waals surface area contributed by atoms with Gasteiger partial charge in [0.1, 0.15) is 5.75 Å². The van der Waals surface area contributed by atoms with E-state index in [0.717, 1.165) is 16.9 Å². The Kier molecular flexibility index (Phi) is 5.73. The summed E-state index contributed by atoms with van der Waals surface area (Å²) in [5, 5.41) is 2.70. The summed E-state index contributed by atoms with van der Waals surface area (Å²) in [4.78, 5) is 35.8. The van der Waals surface area contributed by atoms with Gasteiger partial charge in [0.15, 0.2) is 0 Å². The van der Waals surface area contributed by atoms with Crippen LogP contribution in [0.3, 0.4) is 0 Å². The van der Waals surface area contributed by atoms with E-state index in [4.69, 9.17) is 4.74 Å². The van der Waals surface area contributed by atoms with Crippen molar-refractivity contribution in [2.45, 2.75) is 33.1 Å². The van der Waals surface area contributed by atoms with E-state index in [2.05, 4.69) is 5.32 Å². The molecule has 0 unspecified atom stereocenters. The Balaban J connectivity index is 1.66. The van der Waals surface area contributed by atoms with Crippen molar-refractivity contribution in [3.8, 4) is 5.75 Å². The number of aryl methyl sites for hydroxylation is 1. The minimum atomic E-state index is -0.164. The lowest BCUT2D eigenvalue weighted by molar-refractivity contribution is -0.138. The second-order valence-electron chi connectivity index (χ2n) is 5.59. The molecule has 0 aliphatic carbocycles. The Bertz CT molecular complexity index is 597. The van der Waals surface area contributed by atoms with Gasteiger partial charge in [0.25, 0.3) is 0 Å². The molecule has 1 N–H and O–H groups in total. The molecule has 6 nitrogen and oxygen atoms in total. The zero-order chi connectivity index (χ0) is 16.8. The minimum absolute atomic E-state index is 0.158. The predicted molar refractivity (Wildman–Crippen MR) is 85.0 cm³/mol. The first-order chi connectivity index (χ1) is 11.0. The van der Waals surface area contributed by atoms with Crippen molar-refractivity contribution in [3.05, 3.63) is 29.3 Å². The highest BCUT2D eigenvalue weighted by molar-refractivity contribution is 6.01. The molecule has 1 fully saturated rings. The lowest BCUT2D eigenvalue weighted by Gasteiger charge is -2.14. The van der Waals surface area contributed by atoms with Gasteiger partial charge in [-0.15, -0.1) is 0 Å². The van der Waals surface area contributed by atoms with Crippen LogP contribution in [0.5, 0.6) is 5.75 Å². The molecule has 0 bridgehead atoms. The quantitative estimate of drug-likeness (QED) is 0.770. The van der Waals surface area contributed by atoms with Gasteiger partial charge in [-0.2, -0.15) is 0 Å². The molecule has 0 atom stereocenters. The fourth-order valence-corrected chi connectivity index (χ4v) is 2.40. The number of nitrogens with one attached hydrogen (secondary N) is 1. The number of hydrogen-bond donors (Lipinski definition) is 1. The Morgan fingerprint density at radius 2 is 1.91 bits per heavy atom. The number of amides is 3. The molecule has 6 heteroatoms. The molecule has 1 aliphatic rings. The van der Waals surface area contributed by atoms with Gasteiger partial charge in [-0.05, 0) is 31.0 Å². The first-order valence-corrected chi connectivity index (χ1v) is 7.78. The van der Waals surface area contributed by atoms with Crippen LogP contribution >= 0.6 is 0 Å². The summed E-state index contributed by atoms with van der Waals surface area (Å²) in [5.41, 5.74) is 2.21. The molecule has 2 rings (SSSR count). The monoisotopic (exact) mass is 318 g/mol. The van der Waals surface area contributed by atoms with Crippen LogP contribution in [0.2, 0.25) is 0 Å². The summed E-state index contributed by atoms with van der Waals surface area (Å²) in [7, 11) is 0. The summed E-state index contributed by atoms with van der Waals surface area (Å²) in [6, 6.07) is 5.81. The maximum atomic E-state index is 11.7. The molecule has 124 valence electrons. The summed E-state index contributed by atoms with van der Waals surface area (Å²) in [6.45, 7) is 4.80. The van der Waals surface area contributed by atoms with E-state index >= 15 is 0 Å². The average Bonchev–Trinajstić information content (AvgIpc) is 2.83. The van der Waals surface area contributed by atoms with Crippen molar-refractivity contribution < 1.29 is 19.1 Å². The molecular formula is C17H22N2O4. The molecule has 0 radical (unpaired) electrons. The van der Waals surface area contributed by atoms with Gasteiger partial charge in [-0.25, -0.2) is 0 Å². The van der Waals surface area contributed by atoms with Gasteiger partial charge in [-0.1, -0.05) is 12.1 Å². The van der Waals surface area contributed by atoms with Crippen molar-refractivity contribution in [1.29, 1.82) is 0 Å². The zero-order valence-corrected chi connectivity index (χ0v) is 13.6. The van der Waals surface area contributed by atoms with E-state index in [9.17, 15) is 14.4 Å². The van der Waals surface area contributed by atoms with Gasteiger partial charge in [-0.3, -0.25) is 19.3 Å². The number of hydrogen-bond acceptors (Lipinski definition) is 4. The maximum absolute atomic E-state index is 11.7. The van der Waals surface area contributed by atoms with Gasteiger partial charge >= 0.3 is 0 Å². The average molecular weight is 318 g/mol. The largest absolute Gasteiger partial charge is 0.493 e. The van der Waals surface area contributed by atoms with E-state index in [1.165, 1.54) is 4.90 Å². The van der Waals surface area contributed by atoms with Crippen molar-refractivity contribution >= 4 is 17.7 Å². The minimum Gasteiger partial charge on any atom is -0.493 e. The van der Waals surface area contributed by atoms with E-state index in [1.807, 2.05) is 32.0 Å². The van der Waals surface area contributed by atoms with Gasteiger partial charge in [0.05, 0.1) is 13.0 Å². The first kappa shape index (κ1) is 17.0. The predicted octanol–water partition coefficient (Wildman–Crippen LogP) is 1.34. The number of ether oxygens (including phenoxy) is 1. The van der Waals surface area contributed by atoms with Crippen LogP contribution in [0.25, 0.3) is 0 Å². The van der Waals surface area contributed by atoms with Crippen LogP contribution in [0.1, 0.15) is 30.4 Å². The van der Waals surface area contributed by atoms with E-state index in [0.29, 0.717) is 0 Å². The summed E-state index contributed by atoms with van der Waals surface area (Å²) in [6.07, 6.45) is 0.780. The van der Waals surface area contributed by atoms with Crippen LogP contribution < -0.4 is 10.1 Å². The standard InChI is InChI=1S/C17H22N2O4/c1-12-4-3-5-14(13(12)2)23-11-8-15(20)18-9-10-19-16(21)6-7-17(19)22/h3-5H,6-11H2,1-2H3,(H,18,20). The van der Waals surface area contributed by atoms with E-state index in [1.54, 1.807) is 0 Å². The van der Waals surface area contributed by atoms with Crippen LogP contribution in [-0.2, 0) is 14.4 Å². The van der Waals surface area contributed by atoms with Crippen molar-refractivity contribution in [3.63, 3.8) is 0 Å². The number of imide groups is 1. The molecule has 1 saturated heterocycles. The lowest BCUT2D eigenvalue weighted by Crippen LogP contribution is -2.38. The second-order valence-corrected chi connectivity index (χ2v) is 5.59. The van der Waals surface area contributed by atoms with Crippen molar-refractivity contribution in [2.75, 3.05) is 19.7 Å². The normalized spacial score (nSPS) is 14.3. The molecule has 3 amide bonds. The molecule has 23 heavy (non-hydrogen) atoms. The third-order valence-electron chi connectivity index (χ3n) is 3.95. The highest BCUT2D eigenvalue weighted by Crippen LogP contribution is 2.20. The smallest absolute Gasteiger partial charge is 0.229 e. The Hall–Kier alpha value is -2.37. The second kappa shape index (κ2) is 7.76. The lowest BCUT2D eigenvalue weighted by atomic mass is 10.1. The number of nitrogens with zero attached hydrogens (tertiary/aromatic N) is 1. The van der Waals surface area contributed by atoms with Crippen LogP contribution in [0.4, 0.5) is 0 Å². The molecule has 0 saturated carbocycles. The molecule has 1 aromatic rings. The van der Waals surface area contributed by atoms with E-state index in [-0.39, 0.29) is 56.7 Å². The molecular weight excluding hydrogens is 296 g/mol. The topological polar surface area (TPSA) is 75.7 Å². The first-order valence-electron chi connectivity index (χ1n) is 7.78. The zero-order valence-electron chi connectivity index (χ0n) is 13.6. The van der Waals surface area contributed by atoms with Gasteiger partial charge in [0.2, 0.25) is 17.7 Å². The molecule has 0 spiro atoms. The third-order valence-corrected chi connectivity index (χ3v) is 3.95. The van der Waals surface area contributed by atoms with Crippen LogP contribution in [-0.4, -0.2) is 42.3 Å². The van der Waals surface area contributed by atoms with E-state index < -0.39 is 0 Å². The highest BCUT2D eigenvalue weighted by Gasteiger charge is 2.28. The van der Waals surface area contributed by atoms with Crippen molar-refractivity contribution in [2.24, 2.45) is 0 Å². The number of rotatable bonds is 7. The molecule has 1 aliphatic heterocycles. The van der Waals surface area contributed by atoms with Crippen LogP contribution in [0, 0.1) is 13.8 Å². The molecule has 0 aromatic heterocycles. The SMILES string of the molecule is Cc1cccc(OCCC(=O)NCCN2C(=O)CCC2=O)c1C. The fourth-order valence-electron chi connectivity index (χ4n) is 2.40. The summed E-state index contributed by atoms with van der Waals surface area (Å²) >= 11 is 0. The number of benzene rings is 1. The Labute approximate surface area is 135 Å². The summed E-state index contributed by atoms with van der Waals surface area (Å²) in [5.74, 6) is 0.297. The molecule has 1 aromatic carbocycles. The Morgan fingerprint density at radius 1 is 1.22 bits per heavy atom.